The quantitative estimate of drug-likeness (QED) is 0.291. The molecule has 0 bridgehead atoms. The number of nitrogens with zero attached hydrogens (tertiary/aromatic N) is 1. The van der Waals surface area contributed by atoms with Crippen LogP contribution < -0.4 is 20.1 Å². The second kappa shape index (κ2) is 12.3. The fourth-order valence-corrected chi connectivity index (χ4v) is 2.40. The highest BCUT2D eigenvalue weighted by atomic mass is 127. The molecule has 1 unspecified atom stereocenters. The molecule has 0 heterocycles. The van der Waals surface area contributed by atoms with Gasteiger partial charge in [-0.05, 0) is 43.7 Å². The number of guanidine groups is 1. The lowest BCUT2D eigenvalue weighted by Crippen LogP contribution is -2.41. The van der Waals surface area contributed by atoms with Crippen LogP contribution in [0.3, 0.4) is 0 Å². The molecule has 0 aliphatic rings. The molecule has 2 aromatic rings. The van der Waals surface area contributed by atoms with Gasteiger partial charge in [-0.1, -0.05) is 12.1 Å². The standard InChI is InChI=1S/C20H26FN3O3.HI/c1-4-22-20(24-13-15-8-9-19(26-3)18(25)10-15)23-12-14(2)27-17-7-5-6-16(21)11-17;/h5-11,14,25H,4,12-13H2,1-3H3,(H2,22,23,24);1H. The monoisotopic (exact) mass is 503 g/mol. The largest absolute Gasteiger partial charge is 0.504 e. The lowest BCUT2D eigenvalue weighted by molar-refractivity contribution is 0.223. The summed E-state index contributed by atoms with van der Waals surface area (Å²) in [4.78, 5) is 4.50. The third kappa shape index (κ3) is 7.79. The average molecular weight is 503 g/mol. The van der Waals surface area contributed by atoms with Crippen LogP contribution in [0.1, 0.15) is 19.4 Å². The molecule has 0 aliphatic heterocycles. The second-order valence-electron chi connectivity index (χ2n) is 5.97. The Morgan fingerprint density at radius 3 is 2.64 bits per heavy atom. The summed E-state index contributed by atoms with van der Waals surface area (Å²) in [6.07, 6.45) is -0.180. The van der Waals surface area contributed by atoms with Gasteiger partial charge in [0, 0.05) is 12.6 Å². The van der Waals surface area contributed by atoms with Crippen LogP contribution in [-0.4, -0.2) is 37.4 Å². The number of nitrogens with one attached hydrogen (secondary N) is 2. The van der Waals surface area contributed by atoms with Gasteiger partial charge in [0.05, 0.1) is 20.2 Å². The van der Waals surface area contributed by atoms with Crippen molar-refractivity contribution in [2.75, 3.05) is 20.2 Å². The Morgan fingerprint density at radius 1 is 1.21 bits per heavy atom. The minimum atomic E-state index is -0.328. The van der Waals surface area contributed by atoms with E-state index in [9.17, 15) is 9.50 Å². The molecule has 0 aromatic heterocycles. The van der Waals surface area contributed by atoms with Gasteiger partial charge in [-0.15, -0.1) is 24.0 Å². The van der Waals surface area contributed by atoms with E-state index in [0.29, 0.717) is 37.1 Å². The molecule has 2 rings (SSSR count). The first kappa shape index (κ1) is 23.8. The van der Waals surface area contributed by atoms with Crippen molar-refractivity contribution in [3.05, 3.63) is 53.8 Å². The van der Waals surface area contributed by atoms with Crippen LogP contribution in [-0.2, 0) is 6.54 Å². The van der Waals surface area contributed by atoms with E-state index in [1.54, 1.807) is 24.3 Å². The number of methoxy groups -OCH3 is 1. The van der Waals surface area contributed by atoms with E-state index in [4.69, 9.17) is 9.47 Å². The first-order chi connectivity index (χ1) is 13.0. The molecule has 3 N–H and O–H groups in total. The molecule has 0 saturated heterocycles. The van der Waals surface area contributed by atoms with E-state index < -0.39 is 0 Å². The van der Waals surface area contributed by atoms with Gasteiger partial charge in [0.2, 0.25) is 0 Å². The van der Waals surface area contributed by atoms with Gasteiger partial charge >= 0.3 is 0 Å². The zero-order valence-corrected chi connectivity index (χ0v) is 18.6. The van der Waals surface area contributed by atoms with Crippen molar-refractivity contribution in [1.82, 2.24) is 10.6 Å². The van der Waals surface area contributed by atoms with Crippen LogP contribution in [0, 0.1) is 5.82 Å². The summed E-state index contributed by atoms with van der Waals surface area (Å²) in [6, 6.07) is 11.2. The molecular weight excluding hydrogens is 476 g/mol. The molecule has 0 spiro atoms. The number of hydrogen-bond donors (Lipinski definition) is 3. The highest BCUT2D eigenvalue weighted by Gasteiger charge is 2.07. The Balaban J connectivity index is 0.00000392. The lowest BCUT2D eigenvalue weighted by atomic mass is 10.2. The molecule has 0 radical (unpaired) electrons. The molecule has 0 aliphatic carbocycles. The zero-order valence-electron chi connectivity index (χ0n) is 16.2. The number of ether oxygens (including phenoxy) is 2. The Hall–Kier alpha value is -2.23. The zero-order chi connectivity index (χ0) is 19.6. The van der Waals surface area contributed by atoms with Crippen LogP contribution in [0.4, 0.5) is 4.39 Å². The minimum Gasteiger partial charge on any atom is -0.504 e. The van der Waals surface area contributed by atoms with Crippen LogP contribution >= 0.6 is 24.0 Å². The van der Waals surface area contributed by atoms with E-state index >= 15 is 0 Å². The lowest BCUT2D eigenvalue weighted by Gasteiger charge is -2.17. The topological polar surface area (TPSA) is 75.1 Å². The molecule has 28 heavy (non-hydrogen) atoms. The molecule has 8 heteroatoms. The fraction of sp³-hybridized carbons (Fsp3) is 0.350. The summed E-state index contributed by atoms with van der Waals surface area (Å²) < 4.78 is 24.0. The third-order valence-electron chi connectivity index (χ3n) is 3.70. The van der Waals surface area contributed by atoms with E-state index in [0.717, 1.165) is 5.56 Å². The number of aromatic hydroxyl groups is 1. The van der Waals surface area contributed by atoms with Gasteiger partial charge in [-0.2, -0.15) is 0 Å². The minimum absolute atomic E-state index is 0. The second-order valence-corrected chi connectivity index (χ2v) is 5.97. The van der Waals surface area contributed by atoms with Crippen molar-refractivity contribution in [3.63, 3.8) is 0 Å². The Labute approximate surface area is 182 Å². The number of phenols is 1. The van der Waals surface area contributed by atoms with Gasteiger partial charge < -0.3 is 25.2 Å². The van der Waals surface area contributed by atoms with Gasteiger partial charge in [-0.25, -0.2) is 9.38 Å². The van der Waals surface area contributed by atoms with Crippen molar-refractivity contribution in [2.24, 2.45) is 4.99 Å². The molecule has 0 saturated carbocycles. The summed E-state index contributed by atoms with van der Waals surface area (Å²) in [7, 11) is 1.51. The molecular formula is C20H27FIN3O3. The molecule has 6 nitrogen and oxygen atoms in total. The fourth-order valence-electron chi connectivity index (χ4n) is 2.40. The maximum atomic E-state index is 13.2. The van der Waals surface area contributed by atoms with Crippen molar-refractivity contribution in [2.45, 2.75) is 26.5 Å². The normalized spacial score (nSPS) is 11.9. The maximum absolute atomic E-state index is 13.2. The summed E-state index contributed by atoms with van der Waals surface area (Å²) in [5, 5.41) is 16.2. The van der Waals surface area contributed by atoms with Crippen LogP contribution in [0.5, 0.6) is 17.2 Å². The molecule has 2 aromatic carbocycles. The number of rotatable bonds is 8. The van der Waals surface area contributed by atoms with Crippen molar-refractivity contribution >= 4 is 29.9 Å². The third-order valence-corrected chi connectivity index (χ3v) is 3.70. The molecule has 0 amide bonds. The van der Waals surface area contributed by atoms with E-state index in [1.807, 2.05) is 19.9 Å². The Bertz CT molecular complexity index is 774. The summed E-state index contributed by atoms with van der Waals surface area (Å²) in [6.45, 7) is 5.47. The van der Waals surface area contributed by atoms with Gasteiger partial charge in [-0.3, -0.25) is 0 Å². The summed E-state index contributed by atoms with van der Waals surface area (Å²) in [5.74, 6) is 1.30. The van der Waals surface area contributed by atoms with Crippen molar-refractivity contribution in [3.8, 4) is 17.2 Å². The summed E-state index contributed by atoms with van der Waals surface area (Å²) >= 11 is 0. The van der Waals surface area contributed by atoms with E-state index in [2.05, 4.69) is 15.6 Å². The molecule has 1 atom stereocenters. The SMILES string of the molecule is CCNC(=NCc1ccc(OC)c(O)c1)NCC(C)Oc1cccc(F)c1.I. The highest BCUT2D eigenvalue weighted by molar-refractivity contribution is 14.0. The number of benzene rings is 2. The Kier molecular flexibility index (Phi) is 10.4. The predicted molar refractivity (Wildman–Crippen MR) is 119 cm³/mol. The summed E-state index contributed by atoms with van der Waals surface area (Å²) in [5.41, 5.74) is 0.856. The van der Waals surface area contributed by atoms with Crippen LogP contribution in [0.15, 0.2) is 47.5 Å². The average Bonchev–Trinajstić information content (AvgIpc) is 2.64. The highest BCUT2D eigenvalue weighted by Crippen LogP contribution is 2.26. The van der Waals surface area contributed by atoms with Gasteiger partial charge in [0.25, 0.3) is 0 Å². The Morgan fingerprint density at radius 2 is 2.00 bits per heavy atom. The maximum Gasteiger partial charge on any atom is 0.191 e. The first-order valence-electron chi connectivity index (χ1n) is 8.82. The van der Waals surface area contributed by atoms with Gasteiger partial charge in [0.1, 0.15) is 17.7 Å². The van der Waals surface area contributed by atoms with Crippen LogP contribution in [0.25, 0.3) is 0 Å². The smallest absolute Gasteiger partial charge is 0.191 e. The van der Waals surface area contributed by atoms with Crippen LogP contribution in [0.2, 0.25) is 0 Å². The van der Waals surface area contributed by atoms with E-state index in [-0.39, 0.29) is 41.6 Å². The van der Waals surface area contributed by atoms with E-state index in [1.165, 1.54) is 19.2 Å². The first-order valence-corrected chi connectivity index (χ1v) is 8.82. The van der Waals surface area contributed by atoms with Gasteiger partial charge in [0.15, 0.2) is 17.5 Å². The number of phenolic OH excluding ortho intramolecular Hbond substituents is 1. The predicted octanol–water partition coefficient (Wildman–Crippen LogP) is 3.68. The van der Waals surface area contributed by atoms with Crippen molar-refractivity contribution in [1.29, 1.82) is 0 Å². The molecule has 0 fully saturated rings. The number of hydrogen-bond acceptors (Lipinski definition) is 4. The van der Waals surface area contributed by atoms with Crippen molar-refractivity contribution < 1.29 is 19.0 Å². The number of aliphatic imine (C=N–C) groups is 1. The molecule has 154 valence electrons. The number of halogens is 2.